The van der Waals surface area contributed by atoms with Gasteiger partial charge >= 0.3 is 0 Å². The number of halogens is 3. The summed E-state index contributed by atoms with van der Waals surface area (Å²) in [5.41, 5.74) is 0. The predicted molar refractivity (Wildman–Crippen MR) is 111 cm³/mol. The number of hydrogen-bond donors (Lipinski definition) is 1. The lowest BCUT2D eigenvalue weighted by molar-refractivity contribution is 0.171. The number of nitrogens with zero attached hydrogens (tertiary/aromatic N) is 2. The van der Waals surface area contributed by atoms with Gasteiger partial charge in [-0.25, -0.2) is 9.97 Å². The first kappa shape index (κ1) is 22.2. The Morgan fingerprint density at radius 2 is 1.52 bits per heavy atom. The van der Waals surface area contributed by atoms with Crippen molar-refractivity contribution in [1.82, 2.24) is 9.97 Å². The van der Waals surface area contributed by atoms with Crippen LogP contribution in [0.2, 0.25) is 0 Å². The second-order valence-corrected chi connectivity index (χ2v) is 8.68. The summed E-state index contributed by atoms with van der Waals surface area (Å²) >= 11 is 6.45. The fourth-order valence-corrected chi connectivity index (χ4v) is 2.69. The van der Waals surface area contributed by atoms with Crippen LogP contribution < -0.4 is 4.74 Å². The Morgan fingerprint density at radius 3 is 1.85 bits per heavy atom. The minimum Gasteiger partial charge on any atom is -0.474 e. The number of aliphatic hydroxyl groups excluding tert-OH is 1. The summed E-state index contributed by atoms with van der Waals surface area (Å²) in [6, 6.07) is 6.73. The Kier molecular flexibility index (Phi) is 9.12. The Labute approximate surface area is 176 Å². The number of aliphatic hydroxyl groups is 1. The zero-order valence-corrected chi connectivity index (χ0v) is 18.7. The number of aromatic nitrogens is 2. The maximum absolute atomic E-state index is 12.0. The van der Waals surface area contributed by atoms with E-state index in [1.54, 1.807) is 12.3 Å². The average Bonchev–Trinajstić information content (AvgIpc) is 3.51. The van der Waals surface area contributed by atoms with Crippen molar-refractivity contribution >= 4 is 31.9 Å². The van der Waals surface area contributed by atoms with Gasteiger partial charge in [0.2, 0.25) is 11.8 Å². The molecule has 2 atom stereocenters. The van der Waals surface area contributed by atoms with Crippen molar-refractivity contribution in [3.8, 4) is 5.88 Å². The van der Waals surface area contributed by atoms with E-state index >= 15 is 0 Å². The van der Waals surface area contributed by atoms with Crippen LogP contribution in [-0.2, 0) is 0 Å². The van der Waals surface area contributed by atoms with Crippen molar-refractivity contribution in [2.24, 2.45) is 11.8 Å². The van der Waals surface area contributed by atoms with Gasteiger partial charge in [-0.2, -0.15) is 4.39 Å². The molecule has 2 saturated carbocycles. The molecule has 0 aromatic carbocycles. The van der Waals surface area contributed by atoms with Crippen LogP contribution in [0.15, 0.2) is 45.6 Å². The monoisotopic (exact) mass is 502 g/mol. The van der Waals surface area contributed by atoms with E-state index in [1.165, 1.54) is 37.9 Å². The topological polar surface area (TPSA) is 55.2 Å². The molecule has 2 aromatic rings. The molecular formula is C20H25Br2FN2O2. The van der Waals surface area contributed by atoms with Crippen molar-refractivity contribution in [3.63, 3.8) is 0 Å². The Balaban J connectivity index is 0.000000159. The van der Waals surface area contributed by atoms with E-state index in [2.05, 4.69) is 48.8 Å². The van der Waals surface area contributed by atoms with E-state index in [4.69, 9.17) is 9.84 Å². The largest absolute Gasteiger partial charge is 0.474 e. The number of pyridine rings is 2. The third kappa shape index (κ3) is 9.63. The molecule has 0 amide bonds. The van der Waals surface area contributed by atoms with Gasteiger partial charge in [0.1, 0.15) is 6.10 Å². The Hall–Kier alpha value is -1.05. The molecule has 0 spiro atoms. The normalized spacial score (nSPS) is 17.6. The van der Waals surface area contributed by atoms with Crippen molar-refractivity contribution in [2.45, 2.75) is 51.7 Å². The Morgan fingerprint density at radius 1 is 0.963 bits per heavy atom. The minimum atomic E-state index is -0.451. The average molecular weight is 504 g/mol. The molecule has 4 nitrogen and oxygen atoms in total. The van der Waals surface area contributed by atoms with Gasteiger partial charge < -0.3 is 9.84 Å². The van der Waals surface area contributed by atoms with Crippen LogP contribution in [0.3, 0.4) is 0 Å². The molecule has 2 aliphatic carbocycles. The molecule has 0 aliphatic heterocycles. The standard InChI is InChI=1S/C10H12BrNO.C5H3BrFN.C5H10O/c1-7(8-2-3-8)13-10-5-4-9(11)6-12-10;6-4-1-2-5(7)8-3-4;1-4(6)5-2-3-5/h4-8H,2-3H2,1H3;1-3H;4-6H,2-3H2,1H3/t7-;;4-/m1.1/s1. The first-order valence-electron chi connectivity index (χ1n) is 9.08. The fourth-order valence-electron chi connectivity index (χ4n) is 2.22. The van der Waals surface area contributed by atoms with E-state index in [0.717, 1.165) is 20.7 Å². The molecule has 0 unspecified atom stereocenters. The van der Waals surface area contributed by atoms with Gasteiger partial charge in [-0.05, 0) is 101 Å². The summed E-state index contributed by atoms with van der Waals surface area (Å²) in [6.45, 7) is 3.97. The summed E-state index contributed by atoms with van der Waals surface area (Å²) < 4.78 is 19.4. The highest BCUT2D eigenvalue weighted by Crippen LogP contribution is 2.34. The summed E-state index contributed by atoms with van der Waals surface area (Å²) in [5, 5.41) is 8.69. The van der Waals surface area contributed by atoms with E-state index < -0.39 is 5.95 Å². The molecule has 0 bridgehead atoms. The van der Waals surface area contributed by atoms with Gasteiger partial charge in [-0.1, -0.05) is 0 Å². The number of rotatable bonds is 4. The van der Waals surface area contributed by atoms with Gasteiger partial charge in [-0.3, -0.25) is 0 Å². The molecule has 1 N–H and O–H groups in total. The summed E-state index contributed by atoms with van der Waals surface area (Å²) in [4.78, 5) is 7.52. The van der Waals surface area contributed by atoms with Gasteiger partial charge in [0, 0.05) is 27.4 Å². The lowest BCUT2D eigenvalue weighted by atomic mass is 10.3. The van der Waals surface area contributed by atoms with Gasteiger partial charge in [0.05, 0.1) is 6.10 Å². The molecule has 148 valence electrons. The van der Waals surface area contributed by atoms with Crippen LogP contribution in [0.25, 0.3) is 0 Å². The highest BCUT2D eigenvalue weighted by molar-refractivity contribution is 9.10. The SMILES string of the molecule is C[C@@H](O)C1CC1.C[C@@H](Oc1ccc(Br)cn1)C1CC1.Fc1ccc(Br)cn1. The summed E-state index contributed by atoms with van der Waals surface area (Å²) in [7, 11) is 0. The highest BCUT2D eigenvalue weighted by Gasteiger charge is 2.29. The summed E-state index contributed by atoms with van der Waals surface area (Å²) in [5.74, 6) is 1.69. The van der Waals surface area contributed by atoms with Gasteiger partial charge in [0.25, 0.3) is 0 Å². The fraction of sp³-hybridized carbons (Fsp3) is 0.500. The third-order valence-electron chi connectivity index (χ3n) is 4.29. The lowest BCUT2D eigenvalue weighted by Gasteiger charge is -2.12. The van der Waals surface area contributed by atoms with Crippen LogP contribution in [0.5, 0.6) is 5.88 Å². The number of hydrogen-bond acceptors (Lipinski definition) is 4. The molecule has 2 fully saturated rings. The zero-order chi connectivity index (χ0) is 19.8. The van der Waals surface area contributed by atoms with Crippen LogP contribution >= 0.6 is 31.9 Å². The molecule has 0 radical (unpaired) electrons. The smallest absolute Gasteiger partial charge is 0.213 e. The van der Waals surface area contributed by atoms with Crippen molar-refractivity contribution in [2.75, 3.05) is 0 Å². The second kappa shape index (κ2) is 11.1. The quantitative estimate of drug-likeness (QED) is 0.537. The van der Waals surface area contributed by atoms with Crippen molar-refractivity contribution in [1.29, 1.82) is 0 Å². The predicted octanol–water partition coefficient (Wildman–Crippen LogP) is 5.78. The molecule has 7 heteroatoms. The van der Waals surface area contributed by atoms with Crippen molar-refractivity contribution in [3.05, 3.63) is 51.6 Å². The molecular weight excluding hydrogens is 479 g/mol. The maximum atomic E-state index is 12.0. The van der Waals surface area contributed by atoms with E-state index in [-0.39, 0.29) is 6.10 Å². The van der Waals surface area contributed by atoms with Gasteiger partial charge in [0.15, 0.2) is 0 Å². The molecule has 2 heterocycles. The number of ether oxygens (including phenoxy) is 1. The van der Waals surface area contributed by atoms with Crippen LogP contribution in [-0.4, -0.2) is 27.3 Å². The van der Waals surface area contributed by atoms with E-state index in [0.29, 0.717) is 12.0 Å². The summed E-state index contributed by atoms with van der Waals surface area (Å²) in [6.07, 6.45) is 8.55. The van der Waals surface area contributed by atoms with Crippen LogP contribution in [0, 0.1) is 17.8 Å². The first-order valence-corrected chi connectivity index (χ1v) is 10.7. The molecule has 0 saturated heterocycles. The third-order valence-corrected chi connectivity index (χ3v) is 5.23. The molecule has 27 heavy (non-hydrogen) atoms. The lowest BCUT2D eigenvalue weighted by Crippen LogP contribution is -2.14. The Bertz CT molecular complexity index is 654. The first-order chi connectivity index (χ1) is 12.8. The minimum absolute atomic E-state index is 0.0370. The van der Waals surface area contributed by atoms with Crippen LogP contribution in [0.4, 0.5) is 4.39 Å². The van der Waals surface area contributed by atoms with E-state index in [1.807, 2.05) is 19.1 Å². The van der Waals surface area contributed by atoms with Crippen molar-refractivity contribution < 1.29 is 14.2 Å². The second-order valence-electron chi connectivity index (χ2n) is 6.85. The van der Waals surface area contributed by atoms with Crippen LogP contribution in [0.1, 0.15) is 39.5 Å². The molecule has 2 aromatic heterocycles. The maximum Gasteiger partial charge on any atom is 0.213 e. The van der Waals surface area contributed by atoms with Gasteiger partial charge in [-0.15, -0.1) is 0 Å². The van der Waals surface area contributed by atoms with E-state index in [9.17, 15) is 4.39 Å². The molecule has 4 rings (SSSR count). The highest BCUT2D eigenvalue weighted by atomic mass is 79.9. The molecule has 2 aliphatic rings. The zero-order valence-electron chi connectivity index (χ0n) is 15.5.